The fraction of sp³-hybridized carbons (Fsp3) is 0.625. The Morgan fingerprint density at radius 1 is 1.11 bits per heavy atom. The molecule has 106 valence electrons. The second kappa shape index (κ2) is 6.92. The molecule has 0 radical (unpaired) electrons. The largest absolute Gasteiger partial charge is 0.491 e. The van der Waals surface area contributed by atoms with E-state index in [4.69, 9.17) is 4.74 Å². The SMILES string of the molecule is Cc1cc(C)cc(OCC(O)CN2CCCCC2)c1. The van der Waals surface area contributed by atoms with E-state index in [1.165, 1.54) is 30.4 Å². The van der Waals surface area contributed by atoms with Crippen LogP contribution in [0.3, 0.4) is 0 Å². The highest BCUT2D eigenvalue weighted by atomic mass is 16.5. The third kappa shape index (κ3) is 4.84. The lowest BCUT2D eigenvalue weighted by Crippen LogP contribution is -2.38. The first-order valence-corrected chi connectivity index (χ1v) is 7.25. The molecule has 0 bridgehead atoms. The van der Waals surface area contributed by atoms with Gasteiger partial charge < -0.3 is 14.7 Å². The van der Waals surface area contributed by atoms with Gasteiger partial charge in [-0.1, -0.05) is 12.5 Å². The van der Waals surface area contributed by atoms with Gasteiger partial charge in [-0.05, 0) is 63.0 Å². The number of hydrogen-bond donors (Lipinski definition) is 1. The van der Waals surface area contributed by atoms with E-state index >= 15 is 0 Å². The Bertz CT molecular complexity index is 379. The number of aliphatic hydroxyl groups is 1. The standard InChI is InChI=1S/C16H25NO2/c1-13-8-14(2)10-16(9-13)19-12-15(18)11-17-6-4-3-5-7-17/h8-10,15,18H,3-7,11-12H2,1-2H3. The molecule has 0 amide bonds. The fourth-order valence-corrected chi connectivity index (χ4v) is 2.70. The summed E-state index contributed by atoms with van der Waals surface area (Å²) < 4.78 is 5.69. The molecular formula is C16H25NO2. The van der Waals surface area contributed by atoms with E-state index in [2.05, 4.69) is 24.8 Å². The van der Waals surface area contributed by atoms with Gasteiger partial charge in [0, 0.05) is 6.54 Å². The zero-order chi connectivity index (χ0) is 13.7. The molecule has 0 spiro atoms. The van der Waals surface area contributed by atoms with Crippen LogP contribution in [-0.2, 0) is 0 Å². The average molecular weight is 263 g/mol. The molecule has 1 aromatic rings. The summed E-state index contributed by atoms with van der Waals surface area (Å²) in [5.74, 6) is 0.857. The molecule has 3 heteroatoms. The third-order valence-corrected chi connectivity index (χ3v) is 3.56. The van der Waals surface area contributed by atoms with Gasteiger partial charge >= 0.3 is 0 Å². The van der Waals surface area contributed by atoms with Crippen LogP contribution in [0.25, 0.3) is 0 Å². The van der Waals surface area contributed by atoms with Gasteiger partial charge in [0.15, 0.2) is 0 Å². The Morgan fingerprint density at radius 3 is 2.37 bits per heavy atom. The minimum absolute atomic E-state index is 0.374. The maximum Gasteiger partial charge on any atom is 0.119 e. The van der Waals surface area contributed by atoms with Crippen molar-refractivity contribution < 1.29 is 9.84 Å². The first kappa shape index (κ1) is 14.4. The smallest absolute Gasteiger partial charge is 0.119 e. The van der Waals surface area contributed by atoms with Gasteiger partial charge in [0.2, 0.25) is 0 Å². The predicted molar refractivity (Wildman–Crippen MR) is 77.7 cm³/mol. The van der Waals surface area contributed by atoms with Crippen molar-refractivity contribution in [3.05, 3.63) is 29.3 Å². The highest BCUT2D eigenvalue weighted by Crippen LogP contribution is 2.16. The van der Waals surface area contributed by atoms with Crippen LogP contribution in [0.5, 0.6) is 5.75 Å². The normalized spacial score (nSPS) is 18.3. The van der Waals surface area contributed by atoms with Crippen LogP contribution in [0.2, 0.25) is 0 Å². The maximum absolute atomic E-state index is 10.0. The second-order valence-electron chi connectivity index (χ2n) is 5.65. The average Bonchev–Trinajstić information content (AvgIpc) is 2.36. The quantitative estimate of drug-likeness (QED) is 0.886. The third-order valence-electron chi connectivity index (χ3n) is 3.56. The number of likely N-dealkylation sites (tertiary alicyclic amines) is 1. The van der Waals surface area contributed by atoms with Gasteiger partial charge in [-0.25, -0.2) is 0 Å². The lowest BCUT2D eigenvalue weighted by atomic mass is 10.1. The van der Waals surface area contributed by atoms with Gasteiger partial charge in [0.1, 0.15) is 18.5 Å². The molecule has 19 heavy (non-hydrogen) atoms. The molecule has 1 aromatic carbocycles. The molecule has 1 unspecified atom stereocenters. The summed E-state index contributed by atoms with van der Waals surface area (Å²) in [6, 6.07) is 6.15. The minimum atomic E-state index is -0.404. The number of nitrogens with zero attached hydrogens (tertiary/aromatic N) is 1. The van der Waals surface area contributed by atoms with Crippen molar-refractivity contribution in [1.82, 2.24) is 4.90 Å². The van der Waals surface area contributed by atoms with Crippen LogP contribution in [0.1, 0.15) is 30.4 Å². The van der Waals surface area contributed by atoms with Crippen LogP contribution in [-0.4, -0.2) is 42.4 Å². The zero-order valence-electron chi connectivity index (χ0n) is 12.1. The van der Waals surface area contributed by atoms with E-state index in [9.17, 15) is 5.11 Å². The number of ether oxygens (including phenoxy) is 1. The minimum Gasteiger partial charge on any atom is -0.491 e. The lowest BCUT2D eigenvalue weighted by molar-refractivity contribution is 0.0617. The van der Waals surface area contributed by atoms with Crippen LogP contribution in [0, 0.1) is 13.8 Å². The Balaban J connectivity index is 1.77. The van der Waals surface area contributed by atoms with Gasteiger partial charge in [0.25, 0.3) is 0 Å². The molecule has 2 rings (SSSR count). The summed E-state index contributed by atoms with van der Waals surface area (Å²) in [6.07, 6.45) is 3.43. The number of aryl methyl sites for hydroxylation is 2. The Kier molecular flexibility index (Phi) is 5.23. The molecule has 0 saturated carbocycles. The highest BCUT2D eigenvalue weighted by Gasteiger charge is 2.15. The van der Waals surface area contributed by atoms with Crippen LogP contribution in [0.4, 0.5) is 0 Å². The monoisotopic (exact) mass is 263 g/mol. The summed E-state index contributed by atoms with van der Waals surface area (Å²) in [7, 11) is 0. The topological polar surface area (TPSA) is 32.7 Å². The zero-order valence-corrected chi connectivity index (χ0v) is 12.1. The number of aliphatic hydroxyl groups excluding tert-OH is 1. The number of piperidine rings is 1. The molecule has 3 nitrogen and oxygen atoms in total. The molecule has 1 aliphatic rings. The molecule has 1 heterocycles. The van der Waals surface area contributed by atoms with Crippen LogP contribution < -0.4 is 4.74 Å². The summed E-state index contributed by atoms with van der Waals surface area (Å²) >= 11 is 0. The lowest BCUT2D eigenvalue weighted by Gasteiger charge is -2.28. The van der Waals surface area contributed by atoms with Crippen molar-refractivity contribution in [3.8, 4) is 5.75 Å². The van der Waals surface area contributed by atoms with E-state index in [1.807, 2.05) is 12.1 Å². The maximum atomic E-state index is 10.0. The molecule has 1 N–H and O–H groups in total. The van der Waals surface area contributed by atoms with Gasteiger partial charge in [-0.15, -0.1) is 0 Å². The number of rotatable bonds is 5. The van der Waals surface area contributed by atoms with Crippen molar-refractivity contribution in [2.75, 3.05) is 26.2 Å². The molecule has 0 aromatic heterocycles. The van der Waals surface area contributed by atoms with E-state index in [0.717, 1.165) is 25.4 Å². The van der Waals surface area contributed by atoms with Gasteiger partial charge in [-0.2, -0.15) is 0 Å². The molecule has 1 atom stereocenters. The van der Waals surface area contributed by atoms with Crippen molar-refractivity contribution >= 4 is 0 Å². The predicted octanol–water partition coefficient (Wildman–Crippen LogP) is 2.53. The van der Waals surface area contributed by atoms with E-state index in [-0.39, 0.29) is 0 Å². The highest BCUT2D eigenvalue weighted by molar-refractivity contribution is 5.32. The summed E-state index contributed by atoms with van der Waals surface area (Å²) in [4.78, 5) is 2.33. The molecule has 1 saturated heterocycles. The van der Waals surface area contributed by atoms with Crippen molar-refractivity contribution in [3.63, 3.8) is 0 Å². The molecule has 0 aliphatic carbocycles. The molecule has 1 aliphatic heterocycles. The number of benzene rings is 1. The van der Waals surface area contributed by atoms with E-state index < -0.39 is 6.10 Å². The van der Waals surface area contributed by atoms with Crippen molar-refractivity contribution in [1.29, 1.82) is 0 Å². The number of hydrogen-bond acceptors (Lipinski definition) is 3. The molecular weight excluding hydrogens is 238 g/mol. The summed E-state index contributed by atoms with van der Waals surface area (Å²) in [6.45, 7) is 7.44. The van der Waals surface area contributed by atoms with Gasteiger partial charge in [0.05, 0.1) is 0 Å². The molecule has 1 fully saturated rings. The van der Waals surface area contributed by atoms with Crippen LogP contribution >= 0.6 is 0 Å². The Hall–Kier alpha value is -1.06. The fourth-order valence-electron chi connectivity index (χ4n) is 2.70. The Labute approximate surface area is 116 Å². The van der Waals surface area contributed by atoms with Gasteiger partial charge in [-0.3, -0.25) is 0 Å². The summed E-state index contributed by atoms with van der Waals surface area (Å²) in [5, 5.41) is 10.0. The van der Waals surface area contributed by atoms with Crippen LogP contribution in [0.15, 0.2) is 18.2 Å². The van der Waals surface area contributed by atoms with E-state index in [1.54, 1.807) is 0 Å². The second-order valence-corrected chi connectivity index (χ2v) is 5.65. The first-order chi connectivity index (χ1) is 9.13. The van der Waals surface area contributed by atoms with E-state index in [0.29, 0.717) is 6.61 Å². The first-order valence-electron chi connectivity index (χ1n) is 7.25. The van der Waals surface area contributed by atoms with Crippen molar-refractivity contribution in [2.24, 2.45) is 0 Å². The van der Waals surface area contributed by atoms with Crippen molar-refractivity contribution in [2.45, 2.75) is 39.2 Å². The number of β-amino-alcohol motifs (C(OH)–C–C–N with tert-alkyl or cyclic N) is 1. The Morgan fingerprint density at radius 2 is 1.74 bits per heavy atom. The summed E-state index contributed by atoms with van der Waals surface area (Å²) in [5.41, 5.74) is 2.39.